The monoisotopic (exact) mass is 584 g/mol. The van der Waals surface area contributed by atoms with Gasteiger partial charge in [-0.15, -0.1) is 0 Å². The molecule has 1 fully saturated rings. The van der Waals surface area contributed by atoms with Crippen molar-refractivity contribution in [3.8, 4) is 0 Å². The van der Waals surface area contributed by atoms with Gasteiger partial charge in [0, 0.05) is 23.8 Å². The number of pyridine rings is 2. The summed E-state index contributed by atoms with van der Waals surface area (Å²) in [6.45, 7) is 4.79. The molecule has 0 atom stereocenters. The normalized spacial score (nSPS) is 14.0. The quantitative estimate of drug-likeness (QED) is 0.225. The van der Waals surface area contributed by atoms with E-state index in [9.17, 15) is 9.59 Å². The molecule has 1 aliphatic carbocycles. The lowest BCUT2D eigenvalue weighted by atomic mass is 9.96. The molecule has 0 aliphatic heterocycles. The van der Waals surface area contributed by atoms with Gasteiger partial charge in [0.2, 0.25) is 0 Å². The number of nitrogens with zero attached hydrogens (tertiary/aromatic N) is 4. The third-order valence-electron chi connectivity index (χ3n) is 9.34. The molecule has 7 rings (SSSR count). The second-order valence-electron chi connectivity index (χ2n) is 12.4. The summed E-state index contributed by atoms with van der Waals surface area (Å²) in [5, 5.41) is 3.83. The Balaban J connectivity index is 1.31. The van der Waals surface area contributed by atoms with E-state index in [1.54, 1.807) is 12.4 Å². The summed E-state index contributed by atoms with van der Waals surface area (Å²) in [5.74, 6) is 0. The first-order chi connectivity index (χ1) is 20.9. The standard InChI is InChI=1S/C36H36N4O2Si/c1-36(2,43(42,28-12-5-3-6-13-28)29-14-7-4-8-15-29)21-19-31-30-16-10-9-11-26(30)23-38-32(31)25-39-34-24-37-22-20-33(34)40(35(39)41)27-17-18-27/h3-16,20,22-24,27,42H,17-19,21,25H2,1-2H3. The predicted molar refractivity (Wildman–Crippen MR) is 176 cm³/mol. The molecule has 1 aliphatic rings. The molecule has 6 aromatic rings. The maximum atomic E-state index is 13.8. The molecule has 1 saturated carbocycles. The van der Waals surface area contributed by atoms with Crippen LogP contribution >= 0.6 is 0 Å². The number of benzene rings is 3. The van der Waals surface area contributed by atoms with Crippen molar-refractivity contribution >= 4 is 40.5 Å². The summed E-state index contributed by atoms with van der Waals surface area (Å²) in [7, 11) is -3.18. The van der Waals surface area contributed by atoms with Crippen molar-refractivity contribution in [2.45, 2.75) is 57.2 Å². The van der Waals surface area contributed by atoms with Crippen LogP contribution in [0, 0.1) is 0 Å². The van der Waals surface area contributed by atoms with Crippen molar-refractivity contribution < 1.29 is 4.80 Å². The average molecular weight is 585 g/mol. The highest BCUT2D eigenvalue weighted by molar-refractivity contribution is 6.98. The van der Waals surface area contributed by atoms with E-state index in [1.165, 1.54) is 0 Å². The van der Waals surface area contributed by atoms with Crippen LogP contribution in [-0.2, 0) is 13.0 Å². The van der Waals surface area contributed by atoms with Crippen molar-refractivity contribution in [1.82, 2.24) is 19.1 Å². The molecule has 0 radical (unpaired) electrons. The molecule has 7 heteroatoms. The molecule has 6 nitrogen and oxygen atoms in total. The van der Waals surface area contributed by atoms with E-state index in [-0.39, 0.29) is 11.7 Å². The Morgan fingerprint density at radius 1 is 0.860 bits per heavy atom. The van der Waals surface area contributed by atoms with Gasteiger partial charge >= 0.3 is 5.69 Å². The minimum atomic E-state index is -3.18. The van der Waals surface area contributed by atoms with Crippen LogP contribution in [0.25, 0.3) is 21.8 Å². The fourth-order valence-corrected chi connectivity index (χ4v) is 10.5. The van der Waals surface area contributed by atoms with Crippen molar-refractivity contribution in [2.24, 2.45) is 0 Å². The molecule has 3 heterocycles. The summed E-state index contributed by atoms with van der Waals surface area (Å²) < 4.78 is 3.78. The molecule has 43 heavy (non-hydrogen) atoms. The van der Waals surface area contributed by atoms with E-state index in [4.69, 9.17) is 4.98 Å². The molecule has 0 spiro atoms. The van der Waals surface area contributed by atoms with Crippen LogP contribution in [0.1, 0.15) is 50.4 Å². The number of aryl methyl sites for hydroxylation is 1. The average Bonchev–Trinajstić information content (AvgIpc) is 3.84. The van der Waals surface area contributed by atoms with E-state index in [0.717, 1.165) is 69.1 Å². The lowest BCUT2D eigenvalue weighted by Gasteiger charge is -2.41. The first-order valence-corrected chi connectivity index (χ1v) is 17.1. The molecule has 1 N–H and O–H groups in total. The van der Waals surface area contributed by atoms with E-state index in [2.05, 4.69) is 61.3 Å². The highest BCUT2D eigenvalue weighted by Gasteiger charge is 2.49. The van der Waals surface area contributed by atoms with Gasteiger partial charge in [-0.3, -0.25) is 19.1 Å². The minimum absolute atomic E-state index is 0.00155. The lowest BCUT2D eigenvalue weighted by Crippen LogP contribution is -2.65. The molecule has 0 unspecified atom stereocenters. The zero-order chi connectivity index (χ0) is 29.6. The van der Waals surface area contributed by atoms with Crippen molar-refractivity contribution in [2.75, 3.05) is 0 Å². The van der Waals surface area contributed by atoms with Gasteiger partial charge in [-0.2, -0.15) is 0 Å². The second-order valence-corrected chi connectivity index (χ2v) is 16.4. The Kier molecular flexibility index (Phi) is 6.87. The molecule has 3 aromatic carbocycles. The molecule has 0 amide bonds. The first-order valence-electron chi connectivity index (χ1n) is 15.1. The summed E-state index contributed by atoms with van der Waals surface area (Å²) in [4.78, 5) is 35.8. The molecule has 3 aromatic heterocycles. The summed E-state index contributed by atoms with van der Waals surface area (Å²) >= 11 is 0. The van der Waals surface area contributed by atoms with Crippen LogP contribution in [0.5, 0.6) is 0 Å². The van der Waals surface area contributed by atoms with Gasteiger partial charge in [-0.25, -0.2) is 4.79 Å². The number of hydrogen-bond donors (Lipinski definition) is 1. The zero-order valence-electron chi connectivity index (χ0n) is 24.6. The first kappa shape index (κ1) is 27.5. The molecular formula is C36H36N4O2Si. The number of imidazole rings is 1. The third-order valence-corrected chi connectivity index (χ3v) is 13.9. The minimum Gasteiger partial charge on any atom is -0.424 e. The van der Waals surface area contributed by atoms with E-state index in [0.29, 0.717) is 6.54 Å². The van der Waals surface area contributed by atoms with Crippen LogP contribution in [-0.4, -0.2) is 32.2 Å². The molecule has 0 bridgehead atoms. The van der Waals surface area contributed by atoms with E-state index >= 15 is 0 Å². The Hall–Kier alpha value is -4.33. The topological polar surface area (TPSA) is 72.9 Å². The number of fused-ring (bicyclic) bond motifs is 2. The molecule has 0 saturated heterocycles. The molecular weight excluding hydrogens is 549 g/mol. The largest absolute Gasteiger partial charge is 0.424 e. The van der Waals surface area contributed by atoms with E-state index in [1.807, 2.05) is 63.9 Å². The lowest BCUT2D eigenvalue weighted by molar-refractivity contribution is 0.466. The third kappa shape index (κ3) is 4.73. The predicted octanol–water partition coefficient (Wildman–Crippen LogP) is 5.59. The zero-order valence-corrected chi connectivity index (χ0v) is 25.6. The highest BCUT2D eigenvalue weighted by atomic mass is 28.4. The Labute approximate surface area is 252 Å². The van der Waals surface area contributed by atoms with Gasteiger partial charge in [-0.05, 0) is 58.1 Å². The maximum Gasteiger partial charge on any atom is 0.329 e. The van der Waals surface area contributed by atoms with Crippen LogP contribution in [0.2, 0.25) is 5.04 Å². The fraction of sp³-hybridized carbons (Fsp3) is 0.250. The summed E-state index contributed by atoms with van der Waals surface area (Å²) in [5.41, 5.74) is 3.80. The summed E-state index contributed by atoms with van der Waals surface area (Å²) in [6, 6.07) is 30.9. The van der Waals surface area contributed by atoms with Crippen LogP contribution < -0.4 is 16.1 Å². The number of aromatic nitrogens is 4. The van der Waals surface area contributed by atoms with Gasteiger partial charge in [0.05, 0.1) is 29.5 Å². The van der Waals surface area contributed by atoms with Crippen LogP contribution in [0.15, 0.2) is 114 Å². The summed E-state index contributed by atoms with van der Waals surface area (Å²) in [6.07, 6.45) is 9.02. The van der Waals surface area contributed by atoms with Gasteiger partial charge in [-0.1, -0.05) is 98.8 Å². The highest BCUT2D eigenvalue weighted by Crippen LogP contribution is 2.41. The van der Waals surface area contributed by atoms with Crippen LogP contribution in [0.3, 0.4) is 0 Å². The van der Waals surface area contributed by atoms with Gasteiger partial charge in [0.1, 0.15) is 0 Å². The van der Waals surface area contributed by atoms with Gasteiger partial charge in [0.15, 0.2) is 0 Å². The fourth-order valence-electron chi connectivity index (χ4n) is 6.72. The smallest absolute Gasteiger partial charge is 0.329 e. The number of hydrogen-bond acceptors (Lipinski definition) is 4. The SMILES string of the molecule is CC(C)(CCc1c(Cn2c(=O)n(C3CC3)c3ccncc32)ncc2ccccc12)[Si](O)(c1ccccc1)c1ccccc1. The Morgan fingerprint density at radius 3 is 2.19 bits per heavy atom. The van der Waals surface area contributed by atoms with Crippen LogP contribution in [0.4, 0.5) is 0 Å². The molecule has 216 valence electrons. The Bertz CT molecular complexity index is 1940. The van der Waals surface area contributed by atoms with E-state index < -0.39 is 13.4 Å². The second kappa shape index (κ2) is 10.7. The van der Waals surface area contributed by atoms with Gasteiger partial charge in [0.25, 0.3) is 8.32 Å². The van der Waals surface area contributed by atoms with Gasteiger partial charge < -0.3 is 4.80 Å². The maximum absolute atomic E-state index is 13.8. The van der Waals surface area contributed by atoms with Crippen molar-refractivity contribution in [3.63, 3.8) is 0 Å². The van der Waals surface area contributed by atoms with Crippen molar-refractivity contribution in [1.29, 1.82) is 0 Å². The number of rotatable bonds is 9. The Morgan fingerprint density at radius 2 is 1.51 bits per heavy atom. The van der Waals surface area contributed by atoms with Crippen molar-refractivity contribution in [3.05, 3.63) is 131 Å².